The van der Waals surface area contributed by atoms with E-state index < -0.39 is 5.82 Å². The third kappa shape index (κ3) is 5.48. The van der Waals surface area contributed by atoms with E-state index in [1.54, 1.807) is 58.8 Å². The summed E-state index contributed by atoms with van der Waals surface area (Å²) in [6.07, 6.45) is 11.6. The zero-order chi connectivity index (χ0) is 33.8. The van der Waals surface area contributed by atoms with Crippen LogP contribution in [0.3, 0.4) is 0 Å². The molecular weight excluding hydrogens is 654 g/mol. The van der Waals surface area contributed by atoms with Gasteiger partial charge in [0.05, 0.1) is 38.6 Å². The largest absolute Gasteiger partial charge is 0.381 e. The number of aromatic nitrogens is 4. The summed E-state index contributed by atoms with van der Waals surface area (Å²) in [7, 11) is 0. The summed E-state index contributed by atoms with van der Waals surface area (Å²) in [4.78, 5) is 50.4. The van der Waals surface area contributed by atoms with Gasteiger partial charge in [0, 0.05) is 61.8 Å². The topological polar surface area (TPSA) is 116 Å². The zero-order valence-corrected chi connectivity index (χ0v) is 28.1. The van der Waals surface area contributed by atoms with Gasteiger partial charge in [0.1, 0.15) is 23.2 Å². The lowest BCUT2D eigenvalue weighted by Gasteiger charge is -2.53. The van der Waals surface area contributed by atoms with Crippen LogP contribution < -0.4 is 15.1 Å². The highest BCUT2D eigenvalue weighted by Gasteiger charge is 2.45. The number of aromatic amines is 1. The molecule has 0 radical (unpaired) electrons. The Hall–Kier alpha value is -5.20. The van der Waals surface area contributed by atoms with Crippen molar-refractivity contribution in [1.82, 2.24) is 19.9 Å². The SMILES string of the molecule is O=C(Nc1ccc(C(=O)N2CCc3cc(-c4nc5c([nH]4)C=CCC5)sc3-c3ncc(F)cc32)cc1)c1cccnc1N1CC2(CCOCC2)C1. The number of thiophene rings is 1. The van der Waals surface area contributed by atoms with Crippen molar-refractivity contribution in [1.29, 1.82) is 0 Å². The minimum Gasteiger partial charge on any atom is -0.381 e. The number of pyridine rings is 2. The van der Waals surface area contributed by atoms with Crippen LogP contribution in [0.2, 0.25) is 0 Å². The minimum atomic E-state index is -0.513. The van der Waals surface area contributed by atoms with Crippen molar-refractivity contribution in [2.24, 2.45) is 5.41 Å². The fourth-order valence-corrected chi connectivity index (χ4v) is 8.66. The lowest BCUT2D eigenvalue weighted by Crippen LogP contribution is -2.59. The van der Waals surface area contributed by atoms with Crippen LogP contribution in [-0.4, -0.2) is 64.6 Å². The number of carbonyl (C=O) groups excluding carboxylic acids is 2. The molecule has 2 saturated heterocycles. The van der Waals surface area contributed by atoms with Gasteiger partial charge in [-0.1, -0.05) is 6.08 Å². The van der Waals surface area contributed by atoms with Crippen molar-refractivity contribution in [3.63, 3.8) is 0 Å². The smallest absolute Gasteiger partial charge is 0.259 e. The van der Waals surface area contributed by atoms with Gasteiger partial charge in [-0.15, -0.1) is 11.3 Å². The summed E-state index contributed by atoms with van der Waals surface area (Å²) < 4.78 is 20.2. The van der Waals surface area contributed by atoms with Crippen molar-refractivity contribution < 1.29 is 18.7 Å². The van der Waals surface area contributed by atoms with Crippen LogP contribution in [0.15, 0.2) is 67.0 Å². The Morgan fingerprint density at radius 1 is 1.04 bits per heavy atom. The first kappa shape index (κ1) is 30.8. The average Bonchev–Trinajstić information content (AvgIpc) is 3.73. The Labute approximate surface area is 292 Å². The maximum atomic E-state index is 14.7. The molecule has 2 amide bonds. The monoisotopic (exact) mass is 687 g/mol. The van der Waals surface area contributed by atoms with E-state index in [1.165, 1.54) is 12.3 Å². The lowest BCUT2D eigenvalue weighted by atomic mass is 9.73. The molecule has 7 heterocycles. The van der Waals surface area contributed by atoms with Gasteiger partial charge in [-0.3, -0.25) is 14.6 Å². The molecule has 1 aliphatic carbocycles. The fourth-order valence-electron chi connectivity index (χ4n) is 7.50. The number of imidazole rings is 1. The quantitative estimate of drug-likeness (QED) is 0.210. The summed E-state index contributed by atoms with van der Waals surface area (Å²) in [5.41, 5.74) is 5.86. The second kappa shape index (κ2) is 12.3. The van der Waals surface area contributed by atoms with Crippen molar-refractivity contribution in [2.45, 2.75) is 32.1 Å². The highest BCUT2D eigenvalue weighted by Crippen LogP contribution is 2.44. The second-order valence-electron chi connectivity index (χ2n) is 13.5. The van der Waals surface area contributed by atoms with E-state index in [2.05, 4.69) is 43.4 Å². The van der Waals surface area contributed by atoms with Crippen LogP contribution in [0, 0.1) is 11.2 Å². The number of carbonyl (C=O) groups is 2. The van der Waals surface area contributed by atoms with E-state index in [-0.39, 0.29) is 17.2 Å². The van der Waals surface area contributed by atoms with Crippen molar-refractivity contribution in [3.8, 4) is 21.3 Å². The Morgan fingerprint density at radius 3 is 2.70 bits per heavy atom. The molecule has 0 bridgehead atoms. The highest BCUT2D eigenvalue weighted by atomic mass is 32.1. The summed E-state index contributed by atoms with van der Waals surface area (Å²) in [6, 6.07) is 13.8. The molecule has 5 aromatic rings. The normalized spacial score (nSPS) is 17.4. The number of aryl methyl sites for hydroxylation is 1. The summed E-state index contributed by atoms with van der Waals surface area (Å²) >= 11 is 1.55. The van der Waals surface area contributed by atoms with Crippen molar-refractivity contribution >= 4 is 46.4 Å². The number of nitrogens with zero attached hydrogens (tertiary/aromatic N) is 5. The molecule has 10 nitrogen and oxygen atoms in total. The van der Waals surface area contributed by atoms with Gasteiger partial charge in [-0.25, -0.2) is 14.4 Å². The number of benzene rings is 1. The van der Waals surface area contributed by atoms with Crippen LogP contribution in [-0.2, 0) is 17.6 Å². The van der Waals surface area contributed by atoms with E-state index in [0.29, 0.717) is 47.0 Å². The molecule has 0 atom stereocenters. The average molecular weight is 688 g/mol. The third-order valence-corrected chi connectivity index (χ3v) is 11.4. The van der Waals surface area contributed by atoms with Crippen LogP contribution in [0.25, 0.3) is 27.3 Å². The molecule has 3 aliphatic heterocycles. The van der Waals surface area contributed by atoms with Gasteiger partial charge in [-0.05, 0) is 86.2 Å². The molecule has 1 spiro atoms. The molecule has 0 unspecified atom stereocenters. The standard InChI is InChI=1S/C38H34FN7O3S/c39-25-19-30-32(41-20-25)33-24(18-31(50-33)34-43-28-5-1-2-6-29(28)44-34)11-15-46(30)37(48)23-7-9-26(10-8-23)42-36(47)27-4-3-14-40-35(27)45-21-38(22-45)12-16-49-17-13-38/h1,3-5,7-10,14,18-20H,2,6,11-13,15-17,21-22H2,(H,42,47)(H,43,44). The fraction of sp³-hybridized carbons (Fsp3) is 0.289. The molecule has 4 aliphatic rings. The Morgan fingerprint density at radius 2 is 1.88 bits per heavy atom. The highest BCUT2D eigenvalue weighted by molar-refractivity contribution is 7.19. The molecule has 50 heavy (non-hydrogen) atoms. The number of amides is 2. The number of H-pyrrole nitrogens is 1. The number of hydrogen-bond acceptors (Lipinski definition) is 8. The summed E-state index contributed by atoms with van der Waals surface area (Å²) in [5, 5.41) is 2.97. The van der Waals surface area contributed by atoms with Gasteiger partial charge in [-0.2, -0.15) is 0 Å². The van der Waals surface area contributed by atoms with Crippen LogP contribution in [0.5, 0.6) is 0 Å². The number of nitrogens with one attached hydrogen (secondary N) is 2. The van der Waals surface area contributed by atoms with Crippen LogP contribution >= 0.6 is 11.3 Å². The predicted octanol–water partition coefficient (Wildman–Crippen LogP) is 6.77. The van der Waals surface area contributed by atoms with Gasteiger partial charge >= 0.3 is 0 Å². The Bertz CT molecular complexity index is 2160. The van der Waals surface area contributed by atoms with E-state index in [9.17, 15) is 14.0 Å². The van der Waals surface area contributed by atoms with E-state index >= 15 is 0 Å². The van der Waals surface area contributed by atoms with Crippen LogP contribution in [0.1, 0.15) is 56.9 Å². The first-order valence-electron chi connectivity index (χ1n) is 17.0. The van der Waals surface area contributed by atoms with Crippen LogP contribution in [0.4, 0.5) is 21.6 Å². The maximum Gasteiger partial charge on any atom is 0.259 e. The second-order valence-corrected chi connectivity index (χ2v) is 14.5. The number of allylic oxidation sites excluding steroid dienone is 1. The molecule has 0 saturated carbocycles. The number of anilines is 3. The van der Waals surface area contributed by atoms with E-state index in [0.717, 1.165) is 84.5 Å². The molecule has 12 heteroatoms. The van der Waals surface area contributed by atoms with Gasteiger partial charge in [0.15, 0.2) is 0 Å². The van der Waals surface area contributed by atoms with Gasteiger partial charge in [0.2, 0.25) is 0 Å². The zero-order valence-electron chi connectivity index (χ0n) is 27.2. The molecule has 9 rings (SSSR count). The van der Waals surface area contributed by atoms with Gasteiger partial charge in [0.25, 0.3) is 11.8 Å². The summed E-state index contributed by atoms with van der Waals surface area (Å²) in [5.74, 6) is 0.440. The minimum absolute atomic E-state index is 0.244. The Balaban J connectivity index is 0.928. The molecule has 252 valence electrons. The molecule has 1 aromatic carbocycles. The molecular formula is C38H34FN7O3S. The Kier molecular flexibility index (Phi) is 7.58. The van der Waals surface area contributed by atoms with Crippen molar-refractivity contribution in [2.75, 3.05) is 48.0 Å². The molecule has 2 N–H and O–H groups in total. The number of ether oxygens (including phenoxy) is 1. The predicted molar refractivity (Wildman–Crippen MR) is 191 cm³/mol. The number of rotatable bonds is 5. The third-order valence-electron chi connectivity index (χ3n) is 10.2. The van der Waals surface area contributed by atoms with E-state index in [4.69, 9.17) is 9.72 Å². The molecule has 2 fully saturated rings. The number of hydrogen-bond donors (Lipinski definition) is 2. The maximum absolute atomic E-state index is 14.7. The first-order chi connectivity index (χ1) is 24.4. The number of fused-ring (bicyclic) bond motifs is 4. The number of halogens is 1. The summed E-state index contributed by atoms with van der Waals surface area (Å²) in [6.45, 7) is 3.64. The van der Waals surface area contributed by atoms with Gasteiger partial charge < -0.3 is 24.8 Å². The molecule has 4 aromatic heterocycles. The lowest BCUT2D eigenvalue weighted by molar-refractivity contribution is -0.000509. The van der Waals surface area contributed by atoms with E-state index in [1.807, 2.05) is 0 Å². The van der Waals surface area contributed by atoms with Crippen molar-refractivity contribution in [3.05, 3.63) is 101 Å². The first-order valence-corrected chi connectivity index (χ1v) is 17.8.